The van der Waals surface area contributed by atoms with Crippen molar-refractivity contribution in [2.24, 2.45) is 0 Å². The van der Waals surface area contributed by atoms with Crippen LogP contribution in [0.5, 0.6) is 0 Å². The Morgan fingerprint density at radius 2 is 1.84 bits per heavy atom. The molecule has 2 aliphatic heterocycles. The Morgan fingerprint density at radius 3 is 2.45 bits per heavy atom. The molecular weight excluding hydrogens is 415 g/mol. The summed E-state index contributed by atoms with van der Waals surface area (Å²) in [7, 11) is 0. The summed E-state index contributed by atoms with van der Waals surface area (Å²) >= 11 is 0. The Balaban J connectivity index is 1.46. The second kappa shape index (κ2) is 9.35. The third-order valence-electron chi connectivity index (χ3n) is 5.47. The minimum Gasteiger partial charge on any atom is -0.376 e. The normalized spacial score (nSPS) is 21.9. The van der Waals surface area contributed by atoms with E-state index in [1.807, 2.05) is 0 Å². The molecule has 1 aromatic carbocycles. The summed E-state index contributed by atoms with van der Waals surface area (Å²) in [5.74, 6) is -1.57. The predicted molar refractivity (Wildman–Crippen MR) is 103 cm³/mol. The SMILES string of the molecule is O=C(C1CCCCO1)N(Cc1ccc(-c2noc(C(F)(F)F)n2)cc1)CC1CCCO1. The zero-order chi connectivity index (χ0) is 21.8. The second-order valence-corrected chi connectivity index (χ2v) is 7.83. The summed E-state index contributed by atoms with van der Waals surface area (Å²) in [6.45, 7) is 2.13. The van der Waals surface area contributed by atoms with Gasteiger partial charge in [0.2, 0.25) is 5.82 Å². The molecule has 2 atom stereocenters. The van der Waals surface area contributed by atoms with Gasteiger partial charge in [-0.05, 0) is 37.7 Å². The highest BCUT2D eigenvalue weighted by Gasteiger charge is 2.38. The maximum absolute atomic E-state index is 13.1. The van der Waals surface area contributed by atoms with Crippen LogP contribution in [0.4, 0.5) is 13.2 Å². The van der Waals surface area contributed by atoms with Gasteiger partial charge in [-0.25, -0.2) is 0 Å². The van der Waals surface area contributed by atoms with Crippen LogP contribution in [0.15, 0.2) is 28.8 Å². The number of alkyl halides is 3. The number of nitrogens with zero attached hydrogens (tertiary/aromatic N) is 3. The predicted octanol–water partition coefficient (Wildman–Crippen LogP) is 3.83. The molecular formula is C21H24F3N3O4. The van der Waals surface area contributed by atoms with E-state index >= 15 is 0 Å². The number of amides is 1. The molecule has 0 aliphatic carbocycles. The van der Waals surface area contributed by atoms with Gasteiger partial charge in [0.1, 0.15) is 6.10 Å². The lowest BCUT2D eigenvalue weighted by molar-refractivity contribution is -0.159. The quantitative estimate of drug-likeness (QED) is 0.681. The van der Waals surface area contributed by atoms with Crippen molar-refractivity contribution in [3.8, 4) is 11.4 Å². The van der Waals surface area contributed by atoms with Crippen LogP contribution in [0.1, 0.15) is 43.6 Å². The van der Waals surface area contributed by atoms with Gasteiger partial charge in [0, 0.05) is 31.9 Å². The number of benzene rings is 1. The van der Waals surface area contributed by atoms with E-state index in [0.717, 1.165) is 31.2 Å². The fourth-order valence-electron chi connectivity index (χ4n) is 3.84. The number of ether oxygens (including phenoxy) is 2. The number of hydrogen-bond acceptors (Lipinski definition) is 6. The topological polar surface area (TPSA) is 77.7 Å². The molecule has 0 spiro atoms. The Bertz CT molecular complexity index is 873. The first-order chi connectivity index (χ1) is 14.9. The van der Waals surface area contributed by atoms with Gasteiger partial charge in [-0.1, -0.05) is 29.4 Å². The van der Waals surface area contributed by atoms with Crippen molar-refractivity contribution < 1.29 is 32.0 Å². The molecule has 2 unspecified atom stereocenters. The van der Waals surface area contributed by atoms with Crippen LogP contribution in [0.25, 0.3) is 11.4 Å². The molecule has 2 aliphatic rings. The first kappa shape index (κ1) is 21.8. The lowest BCUT2D eigenvalue weighted by Gasteiger charge is -2.31. The summed E-state index contributed by atoms with van der Waals surface area (Å²) in [5, 5.41) is 3.40. The standard InChI is InChI=1S/C21H24F3N3O4/c22-21(23,24)20-25-18(26-31-20)15-8-6-14(7-9-15)12-27(13-16-4-3-11-29-16)19(28)17-5-1-2-10-30-17/h6-9,16-17H,1-5,10-13H2. The van der Waals surface area contributed by atoms with Crippen LogP contribution >= 0.6 is 0 Å². The number of carbonyl (C=O) groups excluding carboxylic acids is 1. The maximum atomic E-state index is 13.1. The molecule has 2 fully saturated rings. The molecule has 10 heteroatoms. The van der Waals surface area contributed by atoms with Crippen molar-refractivity contribution in [2.45, 2.75) is 57.0 Å². The molecule has 0 N–H and O–H groups in total. The first-order valence-electron chi connectivity index (χ1n) is 10.4. The zero-order valence-corrected chi connectivity index (χ0v) is 16.9. The molecule has 4 rings (SSSR count). The van der Waals surface area contributed by atoms with Gasteiger partial charge in [-0.2, -0.15) is 18.2 Å². The van der Waals surface area contributed by atoms with Crippen molar-refractivity contribution in [3.05, 3.63) is 35.7 Å². The largest absolute Gasteiger partial charge is 0.471 e. The summed E-state index contributed by atoms with van der Waals surface area (Å²) in [6.07, 6.45) is -0.595. The van der Waals surface area contributed by atoms with E-state index in [-0.39, 0.29) is 17.8 Å². The maximum Gasteiger partial charge on any atom is 0.471 e. The average molecular weight is 439 g/mol. The van der Waals surface area contributed by atoms with E-state index in [1.54, 1.807) is 29.2 Å². The van der Waals surface area contributed by atoms with Crippen molar-refractivity contribution in [1.82, 2.24) is 15.0 Å². The molecule has 1 amide bonds. The number of aromatic nitrogens is 2. The summed E-state index contributed by atoms with van der Waals surface area (Å²) in [5.41, 5.74) is 1.24. The van der Waals surface area contributed by atoms with E-state index in [1.165, 1.54) is 0 Å². The highest BCUT2D eigenvalue weighted by atomic mass is 19.4. The van der Waals surface area contributed by atoms with Crippen molar-refractivity contribution >= 4 is 5.91 Å². The minimum atomic E-state index is -4.68. The van der Waals surface area contributed by atoms with Crippen LogP contribution in [0, 0.1) is 0 Å². The van der Waals surface area contributed by atoms with E-state index in [9.17, 15) is 18.0 Å². The molecule has 1 aromatic heterocycles. The molecule has 3 heterocycles. The third-order valence-corrected chi connectivity index (χ3v) is 5.47. The van der Waals surface area contributed by atoms with Crippen LogP contribution < -0.4 is 0 Å². The Morgan fingerprint density at radius 1 is 1.06 bits per heavy atom. The Kier molecular flexibility index (Phi) is 6.57. The smallest absolute Gasteiger partial charge is 0.376 e. The van der Waals surface area contributed by atoms with Crippen LogP contribution in [-0.4, -0.2) is 52.9 Å². The van der Waals surface area contributed by atoms with Crippen molar-refractivity contribution in [2.75, 3.05) is 19.8 Å². The fraction of sp³-hybridized carbons (Fsp3) is 0.571. The Hall–Kier alpha value is -2.46. The van der Waals surface area contributed by atoms with Gasteiger partial charge < -0.3 is 18.9 Å². The number of carbonyl (C=O) groups is 1. The van der Waals surface area contributed by atoms with Gasteiger partial charge in [-0.3, -0.25) is 4.79 Å². The van der Waals surface area contributed by atoms with Gasteiger partial charge >= 0.3 is 12.1 Å². The van der Waals surface area contributed by atoms with Gasteiger partial charge in [-0.15, -0.1) is 0 Å². The Labute approximate surface area is 177 Å². The first-order valence-corrected chi connectivity index (χ1v) is 10.4. The van der Waals surface area contributed by atoms with E-state index < -0.39 is 18.2 Å². The van der Waals surface area contributed by atoms with Gasteiger partial charge in [0.05, 0.1) is 6.10 Å². The summed E-state index contributed by atoms with van der Waals surface area (Å²) in [6, 6.07) is 6.73. The van der Waals surface area contributed by atoms with Crippen molar-refractivity contribution in [3.63, 3.8) is 0 Å². The fourth-order valence-corrected chi connectivity index (χ4v) is 3.84. The van der Waals surface area contributed by atoms with E-state index in [4.69, 9.17) is 9.47 Å². The summed E-state index contributed by atoms with van der Waals surface area (Å²) < 4.78 is 53.7. The third kappa shape index (κ3) is 5.43. The number of hydrogen-bond donors (Lipinski definition) is 0. The molecule has 0 saturated carbocycles. The molecule has 168 valence electrons. The highest BCUT2D eigenvalue weighted by molar-refractivity contribution is 5.81. The zero-order valence-electron chi connectivity index (χ0n) is 16.9. The van der Waals surface area contributed by atoms with Crippen LogP contribution in [-0.2, 0) is 27.0 Å². The van der Waals surface area contributed by atoms with E-state index in [2.05, 4.69) is 14.7 Å². The van der Waals surface area contributed by atoms with Gasteiger partial charge in [0.25, 0.3) is 5.91 Å². The molecule has 7 nitrogen and oxygen atoms in total. The molecule has 2 aromatic rings. The monoisotopic (exact) mass is 439 g/mol. The number of rotatable bonds is 6. The lowest BCUT2D eigenvalue weighted by Crippen LogP contribution is -2.44. The molecule has 0 bridgehead atoms. The second-order valence-electron chi connectivity index (χ2n) is 7.83. The molecule has 2 saturated heterocycles. The molecule has 0 radical (unpaired) electrons. The summed E-state index contributed by atoms with van der Waals surface area (Å²) in [4.78, 5) is 18.2. The van der Waals surface area contributed by atoms with Crippen molar-refractivity contribution in [1.29, 1.82) is 0 Å². The highest BCUT2D eigenvalue weighted by Crippen LogP contribution is 2.29. The van der Waals surface area contributed by atoms with E-state index in [0.29, 0.717) is 38.3 Å². The average Bonchev–Trinajstić information content (AvgIpc) is 3.46. The minimum absolute atomic E-state index is 0.00642. The van der Waals surface area contributed by atoms with Gasteiger partial charge in [0.15, 0.2) is 0 Å². The molecule has 31 heavy (non-hydrogen) atoms. The lowest BCUT2D eigenvalue weighted by atomic mass is 10.1. The number of halogens is 3. The van der Waals surface area contributed by atoms with Crippen LogP contribution in [0.3, 0.4) is 0 Å². The van der Waals surface area contributed by atoms with Crippen LogP contribution in [0.2, 0.25) is 0 Å².